The summed E-state index contributed by atoms with van der Waals surface area (Å²) in [7, 11) is 3.07. The number of carbonyl (C=O) groups excluding carboxylic acids is 4. The van der Waals surface area contributed by atoms with Gasteiger partial charge in [0.1, 0.15) is 29.8 Å². The van der Waals surface area contributed by atoms with Gasteiger partial charge in [-0.15, -0.1) is 0 Å². The summed E-state index contributed by atoms with van der Waals surface area (Å²) >= 11 is 0. The Morgan fingerprint density at radius 1 is 0.683 bits per heavy atom. The first-order valence-electron chi connectivity index (χ1n) is 20.2. The van der Waals surface area contributed by atoms with Crippen molar-refractivity contribution in [2.24, 2.45) is 5.92 Å². The van der Waals surface area contributed by atoms with Crippen molar-refractivity contribution in [1.29, 1.82) is 0 Å². The normalized spacial score (nSPS) is 19.2. The molecular weight excluding hydrogens is 757 g/mol. The molecule has 0 saturated carbocycles. The second kappa shape index (κ2) is 17.7. The second-order valence-corrected chi connectivity index (χ2v) is 15.1. The van der Waals surface area contributed by atoms with Crippen molar-refractivity contribution in [3.05, 3.63) is 145 Å². The largest absolute Gasteiger partial charge is 0.341 e. The number of allylic oxidation sites excluding steroid dienone is 3. The average molecular weight is 805 g/mol. The van der Waals surface area contributed by atoms with Gasteiger partial charge in [0.05, 0.1) is 29.8 Å². The number of aromatic amines is 2. The molecule has 3 aliphatic rings. The fraction of sp³-hybridized carbons (Fsp3) is 0.261. The Labute approximate surface area is 348 Å². The molecule has 1 aliphatic carbocycles. The molecule has 14 nitrogen and oxygen atoms in total. The molecule has 14 heteroatoms. The average Bonchev–Trinajstić information content (AvgIpc) is 4.15. The van der Waals surface area contributed by atoms with Crippen LogP contribution in [0.4, 0.5) is 9.59 Å². The summed E-state index contributed by atoms with van der Waals surface area (Å²) in [6.07, 6.45) is 17.6. The van der Waals surface area contributed by atoms with E-state index < -0.39 is 30.2 Å². The van der Waals surface area contributed by atoms with Gasteiger partial charge in [-0.2, -0.15) is 0 Å². The fourth-order valence-corrected chi connectivity index (χ4v) is 8.17. The molecule has 3 aromatic carbocycles. The van der Waals surface area contributed by atoms with E-state index in [0.717, 1.165) is 52.0 Å². The fourth-order valence-electron chi connectivity index (χ4n) is 8.17. The molecular formula is C46H48N10O4. The van der Waals surface area contributed by atoms with Crippen molar-refractivity contribution >= 4 is 23.9 Å². The Morgan fingerprint density at radius 2 is 1.30 bits per heavy atom. The molecule has 1 fully saturated rings. The highest BCUT2D eigenvalue weighted by molar-refractivity contribution is 5.89. The van der Waals surface area contributed by atoms with Crippen molar-refractivity contribution in [3.63, 3.8) is 0 Å². The number of hydrogen-bond donors (Lipinski definition) is 6. The molecule has 8 rings (SSSR count). The van der Waals surface area contributed by atoms with E-state index in [0.29, 0.717) is 31.2 Å². The zero-order valence-corrected chi connectivity index (χ0v) is 33.5. The minimum absolute atomic E-state index is 0.159. The van der Waals surface area contributed by atoms with E-state index in [-0.39, 0.29) is 23.8 Å². The first-order chi connectivity index (χ1) is 29.3. The van der Waals surface area contributed by atoms with Gasteiger partial charge in [-0.1, -0.05) is 115 Å². The molecule has 5 aromatic rings. The standard InChI is InChI=1S/C46H48N10O4/c1-47-45(59)53-39(33-11-5-3-6-12-33)43(57)55-25-9-15-37(55)41-49-27-35(51-41)31-21-17-29(18-22-31)30-19-23-32(24-20-30)36-28-50-42(52-36)38-16-10-26-56(38)44(58)40(54-46(60)48-2)34-13-7-4-8-14-34/h3-9,11,13-15,17-24,27-28,33,37-40H,10,12,16,25-26H2,1-2H3,(H,49,51)(H,50,52)(H2,47,53,59)(H2,48,54,60)/t33?,37?,38-,39?,40?/m0/s1. The zero-order valence-electron chi connectivity index (χ0n) is 33.5. The van der Waals surface area contributed by atoms with Gasteiger partial charge in [-0.3, -0.25) is 9.59 Å². The summed E-state index contributed by atoms with van der Waals surface area (Å²) < 4.78 is 0. The lowest BCUT2D eigenvalue weighted by Gasteiger charge is -2.32. The number of benzene rings is 3. The summed E-state index contributed by atoms with van der Waals surface area (Å²) in [6.45, 7) is 0.989. The Morgan fingerprint density at radius 3 is 1.93 bits per heavy atom. The number of nitrogens with one attached hydrogen (secondary N) is 6. The van der Waals surface area contributed by atoms with Crippen molar-refractivity contribution < 1.29 is 19.2 Å². The molecule has 0 bridgehead atoms. The Kier molecular flexibility index (Phi) is 11.7. The van der Waals surface area contributed by atoms with Gasteiger partial charge in [-0.25, -0.2) is 19.6 Å². The lowest BCUT2D eigenvalue weighted by atomic mass is 9.91. The van der Waals surface area contributed by atoms with Crippen LogP contribution in [0.15, 0.2) is 128 Å². The predicted molar refractivity (Wildman–Crippen MR) is 229 cm³/mol. The Balaban J connectivity index is 0.924. The van der Waals surface area contributed by atoms with Gasteiger partial charge in [0.2, 0.25) is 11.8 Å². The van der Waals surface area contributed by atoms with Crippen molar-refractivity contribution in [2.75, 3.05) is 27.2 Å². The third-order valence-corrected chi connectivity index (χ3v) is 11.4. The molecule has 2 aromatic heterocycles. The third kappa shape index (κ3) is 8.35. The van der Waals surface area contributed by atoms with Gasteiger partial charge >= 0.3 is 12.1 Å². The molecule has 6 N–H and O–H groups in total. The molecule has 0 spiro atoms. The molecule has 306 valence electrons. The maximum absolute atomic E-state index is 13.9. The van der Waals surface area contributed by atoms with Crippen molar-refractivity contribution in [2.45, 2.75) is 43.4 Å². The van der Waals surface area contributed by atoms with E-state index in [1.807, 2.05) is 83.8 Å². The minimum Gasteiger partial charge on any atom is -0.341 e. The molecule has 5 atom stereocenters. The van der Waals surface area contributed by atoms with E-state index >= 15 is 0 Å². The van der Waals surface area contributed by atoms with Crippen molar-refractivity contribution in [3.8, 4) is 33.6 Å². The van der Waals surface area contributed by atoms with Crippen LogP contribution in [0.25, 0.3) is 33.6 Å². The maximum atomic E-state index is 13.9. The van der Waals surface area contributed by atoms with Crippen LogP contribution < -0.4 is 21.3 Å². The Bertz CT molecular complexity index is 2420. The van der Waals surface area contributed by atoms with E-state index in [1.54, 1.807) is 17.3 Å². The second-order valence-electron chi connectivity index (χ2n) is 15.1. The van der Waals surface area contributed by atoms with Crippen LogP contribution in [-0.4, -0.2) is 86.8 Å². The summed E-state index contributed by atoms with van der Waals surface area (Å²) in [5.41, 5.74) is 6.41. The number of urea groups is 2. The molecule has 1 saturated heterocycles. The number of carbonyl (C=O) groups is 4. The molecule has 4 unspecified atom stereocenters. The zero-order chi connectivity index (χ0) is 41.6. The van der Waals surface area contributed by atoms with Gasteiger partial charge in [0.25, 0.3) is 0 Å². The number of amides is 6. The predicted octanol–water partition coefficient (Wildman–Crippen LogP) is 6.34. The van der Waals surface area contributed by atoms with Crippen LogP contribution in [0, 0.1) is 5.92 Å². The van der Waals surface area contributed by atoms with Crippen molar-refractivity contribution in [1.82, 2.24) is 51.0 Å². The Hall–Kier alpha value is -7.22. The molecule has 60 heavy (non-hydrogen) atoms. The van der Waals surface area contributed by atoms with Crippen LogP contribution >= 0.6 is 0 Å². The van der Waals surface area contributed by atoms with Gasteiger partial charge in [-0.05, 0) is 47.1 Å². The van der Waals surface area contributed by atoms with Crippen LogP contribution in [0.5, 0.6) is 0 Å². The van der Waals surface area contributed by atoms with Gasteiger partial charge in [0, 0.05) is 33.1 Å². The third-order valence-electron chi connectivity index (χ3n) is 11.4. The molecule has 2 aliphatic heterocycles. The van der Waals surface area contributed by atoms with Crippen LogP contribution in [0.2, 0.25) is 0 Å². The summed E-state index contributed by atoms with van der Waals surface area (Å²) in [5.74, 6) is 0.856. The molecule has 6 amide bonds. The van der Waals surface area contributed by atoms with Gasteiger partial charge in [0.15, 0.2) is 0 Å². The summed E-state index contributed by atoms with van der Waals surface area (Å²) in [6, 6.07) is 22.8. The summed E-state index contributed by atoms with van der Waals surface area (Å²) in [5, 5.41) is 10.8. The highest BCUT2D eigenvalue weighted by Gasteiger charge is 2.38. The summed E-state index contributed by atoms with van der Waals surface area (Å²) in [4.78, 5) is 72.4. The van der Waals surface area contributed by atoms with Gasteiger partial charge < -0.3 is 41.0 Å². The first-order valence-corrected chi connectivity index (χ1v) is 20.2. The highest BCUT2D eigenvalue weighted by atomic mass is 16.2. The number of rotatable bonds is 11. The lowest BCUT2D eigenvalue weighted by molar-refractivity contribution is -0.135. The number of nitrogens with zero attached hydrogens (tertiary/aromatic N) is 4. The molecule has 0 radical (unpaired) electrons. The number of imidazole rings is 2. The maximum Gasteiger partial charge on any atom is 0.315 e. The highest BCUT2D eigenvalue weighted by Crippen LogP contribution is 2.35. The smallest absolute Gasteiger partial charge is 0.315 e. The number of H-pyrrole nitrogens is 2. The minimum atomic E-state index is -0.821. The topological polar surface area (TPSA) is 180 Å². The van der Waals surface area contributed by atoms with Crippen LogP contribution in [0.3, 0.4) is 0 Å². The molecule has 4 heterocycles. The first kappa shape index (κ1) is 39.6. The SMILES string of the molecule is CNC(=O)NC(C(=O)N1CCC[C@H]1c1ncc(-c2ccc(-c3ccc(-c4cnc(C5C=CCN5C(=O)C(NC(=O)NC)C5C=CC=CC5)[nH]4)cc3)cc2)[nH]1)c1ccccc1. The van der Waals surface area contributed by atoms with Crippen LogP contribution in [0.1, 0.15) is 54.6 Å². The number of likely N-dealkylation sites (tertiary alicyclic amines) is 1. The van der Waals surface area contributed by atoms with E-state index in [1.165, 1.54) is 14.1 Å². The van der Waals surface area contributed by atoms with E-state index in [2.05, 4.69) is 72.6 Å². The van der Waals surface area contributed by atoms with E-state index in [4.69, 9.17) is 4.98 Å². The number of hydrogen-bond acceptors (Lipinski definition) is 6. The number of aromatic nitrogens is 4. The monoisotopic (exact) mass is 804 g/mol. The van der Waals surface area contributed by atoms with E-state index in [9.17, 15) is 19.2 Å². The lowest BCUT2D eigenvalue weighted by Crippen LogP contribution is -2.54. The van der Waals surface area contributed by atoms with Crippen LogP contribution in [-0.2, 0) is 9.59 Å². The quantitative estimate of drug-likeness (QED) is 0.0849.